The monoisotopic (exact) mass is 254 g/mol. The lowest BCUT2D eigenvalue weighted by atomic mass is 9.64. The zero-order chi connectivity index (χ0) is 13.8. The lowest BCUT2D eigenvalue weighted by Gasteiger charge is -2.40. The molecule has 1 aliphatic carbocycles. The van der Waals surface area contributed by atoms with Gasteiger partial charge in [0.25, 0.3) is 0 Å². The van der Waals surface area contributed by atoms with E-state index in [0.717, 1.165) is 25.7 Å². The number of rotatable bonds is 5. The second kappa shape index (κ2) is 6.58. The van der Waals surface area contributed by atoms with Gasteiger partial charge in [-0.2, -0.15) is 0 Å². The quantitative estimate of drug-likeness (QED) is 0.720. The molecule has 0 aromatic carbocycles. The van der Waals surface area contributed by atoms with Crippen LogP contribution in [-0.4, -0.2) is 11.1 Å². The fourth-order valence-corrected chi connectivity index (χ4v) is 3.35. The van der Waals surface area contributed by atoms with E-state index < -0.39 is 5.97 Å². The Bertz CT molecular complexity index is 265. The van der Waals surface area contributed by atoms with E-state index in [1.165, 1.54) is 19.3 Å². The lowest BCUT2D eigenvalue weighted by molar-refractivity contribution is -0.146. The number of carboxylic acid groups (broad SMARTS) is 1. The molecule has 1 N–H and O–H groups in total. The summed E-state index contributed by atoms with van der Waals surface area (Å²) in [6.45, 7) is 9.08. The molecular formula is C16H30O2. The van der Waals surface area contributed by atoms with Gasteiger partial charge in [-0.3, -0.25) is 4.79 Å². The molecule has 0 saturated heterocycles. The van der Waals surface area contributed by atoms with Crippen LogP contribution >= 0.6 is 0 Å². The Hall–Kier alpha value is -0.530. The molecule has 0 spiro atoms. The molecule has 0 aliphatic heterocycles. The largest absolute Gasteiger partial charge is 0.481 e. The Morgan fingerprint density at radius 2 is 1.89 bits per heavy atom. The number of unbranched alkanes of at least 4 members (excludes halogenated alkanes) is 2. The van der Waals surface area contributed by atoms with Gasteiger partial charge in [0, 0.05) is 0 Å². The van der Waals surface area contributed by atoms with E-state index in [1.807, 2.05) is 0 Å². The van der Waals surface area contributed by atoms with Crippen molar-refractivity contribution in [2.24, 2.45) is 23.2 Å². The Kier molecular flexibility index (Phi) is 5.68. The molecule has 0 amide bonds. The third kappa shape index (κ3) is 4.29. The minimum absolute atomic E-state index is 0.0829. The first-order valence-electron chi connectivity index (χ1n) is 7.59. The summed E-state index contributed by atoms with van der Waals surface area (Å²) in [7, 11) is 0. The van der Waals surface area contributed by atoms with Gasteiger partial charge >= 0.3 is 5.97 Å². The second-order valence-electron chi connectivity index (χ2n) is 7.08. The van der Waals surface area contributed by atoms with Crippen LogP contribution in [0.25, 0.3) is 0 Å². The third-order valence-corrected chi connectivity index (χ3v) is 4.70. The fraction of sp³-hybridized carbons (Fsp3) is 0.938. The van der Waals surface area contributed by atoms with Gasteiger partial charge in [0.15, 0.2) is 0 Å². The van der Waals surface area contributed by atoms with Gasteiger partial charge in [0.05, 0.1) is 5.92 Å². The molecular weight excluding hydrogens is 224 g/mol. The number of hydrogen-bond donors (Lipinski definition) is 1. The molecule has 1 aliphatic rings. The number of hydrogen-bond acceptors (Lipinski definition) is 1. The first kappa shape index (κ1) is 15.5. The smallest absolute Gasteiger partial charge is 0.306 e. The van der Waals surface area contributed by atoms with Crippen molar-refractivity contribution in [3.05, 3.63) is 0 Å². The van der Waals surface area contributed by atoms with Crippen LogP contribution in [0.5, 0.6) is 0 Å². The van der Waals surface area contributed by atoms with Crippen LogP contribution in [0.2, 0.25) is 0 Å². The molecule has 0 bridgehead atoms. The van der Waals surface area contributed by atoms with Gasteiger partial charge in [0.1, 0.15) is 0 Å². The lowest BCUT2D eigenvalue weighted by Crippen LogP contribution is -2.35. The summed E-state index contributed by atoms with van der Waals surface area (Å²) >= 11 is 0. The summed E-state index contributed by atoms with van der Waals surface area (Å²) in [6.07, 6.45) is 7.85. The highest BCUT2D eigenvalue weighted by Gasteiger charge is 2.38. The second-order valence-corrected chi connectivity index (χ2v) is 7.08. The molecule has 3 unspecified atom stereocenters. The minimum atomic E-state index is -0.566. The van der Waals surface area contributed by atoms with Crippen LogP contribution in [0.4, 0.5) is 0 Å². The SMILES string of the molecule is CCCCCC1CC(C(C)(C)C)CCC1C(=O)O. The van der Waals surface area contributed by atoms with Crippen molar-refractivity contribution in [2.45, 2.75) is 72.6 Å². The molecule has 1 saturated carbocycles. The minimum Gasteiger partial charge on any atom is -0.481 e. The fourth-order valence-electron chi connectivity index (χ4n) is 3.35. The molecule has 1 fully saturated rings. The molecule has 106 valence electrons. The number of aliphatic carboxylic acids is 1. The normalized spacial score (nSPS) is 29.2. The van der Waals surface area contributed by atoms with Crippen LogP contribution in [-0.2, 0) is 4.79 Å². The van der Waals surface area contributed by atoms with Crippen LogP contribution < -0.4 is 0 Å². The molecule has 0 aromatic rings. The maximum Gasteiger partial charge on any atom is 0.306 e. The summed E-state index contributed by atoms with van der Waals surface area (Å²) in [5, 5.41) is 9.35. The predicted octanol–water partition coefficient (Wildman–Crippen LogP) is 4.73. The highest BCUT2D eigenvalue weighted by Crippen LogP contribution is 2.44. The van der Waals surface area contributed by atoms with E-state index in [9.17, 15) is 9.90 Å². The summed E-state index contributed by atoms with van der Waals surface area (Å²) in [4.78, 5) is 11.4. The van der Waals surface area contributed by atoms with Gasteiger partial charge in [-0.05, 0) is 42.9 Å². The van der Waals surface area contributed by atoms with Crippen molar-refractivity contribution in [3.8, 4) is 0 Å². The molecule has 1 rings (SSSR count). The molecule has 3 atom stereocenters. The Morgan fingerprint density at radius 3 is 2.39 bits per heavy atom. The summed E-state index contributed by atoms with van der Waals surface area (Å²) in [5.41, 5.74) is 0.326. The van der Waals surface area contributed by atoms with Gasteiger partial charge in [0.2, 0.25) is 0 Å². The van der Waals surface area contributed by atoms with E-state index in [0.29, 0.717) is 17.3 Å². The van der Waals surface area contributed by atoms with Crippen LogP contribution in [0.1, 0.15) is 72.6 Å². The van der Waals surface area contributed by atoms with E-state index in [2.05, 4.69) is 27.7 Å². The molecule has 0 radical (unpaired) electrons. The number of carbonyl (C=O) groups is 1. The standard InChI is InChI=1S/C16H30O2/c1-5-6-7-8-12-11-13(16(2,3)4)9-10-14(12)15(17)18/h12-14H,5-11H2,1-4H3,(H,17,18). The first-order chi connectivity index (χ1) is 8.36. The Labute approximate surface area is 112 Å². The molecule has 0 aromatic heterocycles. The zero-order valence-electron chi connectivity index (χ0n) is 12.5. The van der Waals surface area contributed by atoms with E-state index >= 15 is 0 Å². The maximum absolute atomic E-state index is 11.4. The zero-order valence-corrected chi connectivity index (χ0v) is 12.5. The summed E-state index contributed by atoms with van der Waals surface area (Å²) in [5.74, 6) is 0.455. The van der Waals surface area contributed by atoms with E-state index in [4.69, 9.17) is 0 Å². The van der Waals surface area contributed by atoms with E-state index in [-0.39, 0.29) is 5.92 Å². The van der Waals surface area contributed by atoms with Gasteiger partial charge in [-0.25, -0.2) is 0 Å². The third-order valence-electron chi connectivity index (χ3n) is 4.70. The highest BCUT2D eigenvalue weighted by molar-refractivity contribution is 5.70. The van der Waals surface area contributed by atoms with Gasteiger partial charge < -0.3 is 5.11 Å². The Balaban J connectivity index is 2.61. The number of carboxylic acids is 1. The highest BCUT2D eigenvalue weighted by atomic mass is 16.4. The molecule has 2 nitrogen and oxygen atoms in total. The van der Waals surface area contributed by atoms with Crippen molar-refractivity contribution < 1.29 is 9.90 Å². The van der Waals surface area contributed by atoms with Gasteiger partial charge in [-0.15, -0.1) is 0 Å². The summed E-state index contributed by atoms with van der Waals surface area (Å²) in [6, 6.07) is 0. The van der Waals surface area contributed by atoms with Crippen molar-refractivity contribution in [1.29, 1.82) is 0 Å². The van der Waals surface area contributed by atoms with E-state index in [1.54, 1.807) is 0 Å². The molecule has 18 heavy (non-hydrogen) atoms. The van der Waals surface area contributed by atoms with Crippen molar-refractivity contribution in [2.75, 3.05) is 0 Å². The average Bonchev–Trinajstić information content (AvgIpc) is 2.27. The topological polar surface area (TPSA) is 37.3 Å². The molecule has 2 heteroatoms. The van der Waals surface area contributed by atoms with Crippen molar-refractivity contribution in [1.82, 2.24) is 0 Å². The first-order valence-corrected chi connectivity index (χ1v) is 7.59. The Morgan fingerprint density at radius 1 is 1.22 bits per heavy atom. The predicted molar refractivity (Wildman–Crippen MR) is 75.6 cm³/mol. The van der Waals surface area contributed by atoms with Crippen LogP contribution in [0, 0.1) is 23.2 Å². The molecule has 0 heterocycles. The van der Waals surface area contributed by atoms with Crippen molar-refractivity contribution >= 4 is 5.97 Å². The van der Waals surface area contributed by atoms with Crippen LogP contribution in [0.15, 0.2) is 0 Å². The van der Waals surface area contributed by atoms with Crippen molar-refractivity contribution in [3.63, 3.8) is 0 Å². The average molecular weight is 254 g/mol. The van der Waals surface area contributed by atoms with Gasteiger partial charge in [-0.1, -0.05) is 47.0 Å². The van der Waals surface area contributed by atoms with Crippen LogP contribution in [0.3, 0.4) is 0 Å². The summed E-state index contributed by atoms with van der Waals surface area (Å²) < 4.78 is 0. The maximum atomic E-state index is 11.4.